The summed E-state index contributed by atoms with van der Waals surface area (Å²) >= 11 is 8.58. The molecule has 0 spiro atoms. The number of aryl methyl sites for hydroxylation is 1. The minimum absolute atomic E-state index is 0.469. The van der Waals surface area contributed by atoms with Gasteiger partial charge >= 0.3 is 0 Å². The summed E-state index contributed by atoms with van der Waals surface area (Å²) in [7, 11) is 0. The van der Waals surface area contributed by atoms with Crippen LogP contribution in [0.25, 0.3) is 0 Å². The third-order valence-electron chi connectivity index (χ3n) is 1.31. The number of hydrogen-bond acceptors (Lipinski definition) is 6. The minimum Gasteiger partial charge on any atom is -0.144 e. The fourth-order valence-corrected chi connectivity index (χ4v) is 2.52. The average Bonchev–Trinajstić information content (AvgIpc) is 2.62. The zero-order valence-corrected chi connectivity index (χ0v) is 9.08. The van der Waals surface area contributed by atoms with E-state index < -0.39 is 0 Å². The molecule has 0 unspecified atom stereocenters. The highest BCUT2D eigenvalue weighted by Gasteiger charge is 2.06. The molecule has 0 saturated carbocycles. The molecule has 0 N–H and O–H groups in total. The van der Waals surface area contributed by atoms with Crippen LogP contribution in [0.3, 0.4) is 0 Å². The van der Waals surface area contributed by atoms with Crippen LogP contribution in [0.15, 0.2) is 0 Å². The molecule has 0 aromatic carbocycles. The molecule has 0 amide bonds. The Morgan fingerprint density at radius 2 is 1.77 bits per heavy atom. The summed E-state index contributed by atoms with van der Waals surface area (Å²) < 4.78 is 0.469. The van der Waals surface area contributed by atoms with Crippen LogP contribution in [0.5, 0.6) is 0 Å². The van der Waals surface area contributed by atoms with Gasteiger partial charge in [0.2, 0.25) is 4.47 Å². The summed E-state index contributed by atoms with van der Waals surface area (Å²) in [4.78, 5) is 0. The van der Waals surface area contributed by atoms with Gasteiger partial charge in [0.15, 0.2) is 0 Å². The zero-order valence-electron chi connectivity index (χ0n) is 6.69. The molecule has 0 bridgehead atoms. The van der Waals surface area contributed by atoms with Gasteiger partial charge in [0.05, 0.1) is 6.42 Å². The van der Waals surface area contributed by atoms with Gasteiger partial charge in [-0.15, -0.1) is 31.7 Å². The van der Waals surface area contributed by atoms with Crippen LogP contribution in [0.1, 0.15) is 15.0 Å². The molecule has 0 aliphatic carbocycles. The van der Waals surface area contributed by atoms with Crippen molar-refractivity contribution in [3.05, 3.63) is 19.5 Å². The Kier molecular flexibility index (Phi) is 2.52. The predicted octanol–water partition coefficient (Wildman–Crippen LogP) is 1.94. The highest BCUT2D eigenvalue weighted by atomic mass is 35.5. The van der Waals surface area contributed by atoms with Crippen molar-refractivity contribution in [2.75, 3.05) is 0 Å². The maximum absolute atomic E-state index is 5.64. The molecular weight excluding hydrogens is 228 g/mol. The maximum atomic E-state index is 5.64. The van der Waals surface area contributed by atoms with Gasteiger partial charge in [-0.3, -0.25) is 0 Å². The molecule has 0 fully saturated rings. The third kappa shape index (κ3) is 2.20. The van der Waals surface area contributed by atoms with Crippen molar-refractivity contribution in [3.63, 3.8) is 0 Å². The first-order chi connectivity index (χ1) is 6.24. The zero-order chi connectivity index (χ0) is 9.26. The van der Waals surface area contributed by atoms with Crippen molar-refractivity contribution < 1.29 is 0 Å². The van der Waals surface area contributed by atoms with Crippen LogP contribution in [-0.4, -0.2) is 20.4 Å². The molecule has 68 valence electrons. The van der Waals surface area contributed by atoms with Gasteiger partial charge < -0.3 is 0 Å². The first-order valence-electron chi connectivity index (χ1n) is 3.51. The van der Waals surface area contributed by atoms with E-state index in [9.17, 15) is 0 Å². The molecule has 0 saturated heterocycles. The molecule has 0 radical (unpaired) electrons. The summed E-state index contributed by atoms with van der Waals surface area (Å²) in [5, 5.41) is 18.3. The molecule has 2 heterocycles. The second-order valence-corrected chi connectivity index (χ2v) is 5.25. The quantitative estimate of drug-likeness (QED) is 0.794. The number of hydrogen-bond donors (Lipinski definition) is 0. The van der Waals surface area contributed by atoms with E-state index in [2.05, 4.69) is 20.4 Å². The molecule has 4 nitrogen and oxygen atoms in total. The van der Waals surface area contributed by atoms with E-state index in [1.807, 2.05) is 6.92 Å². The summed E-state index contributed by atoms with van der Waals surface area (Å²) in [6.45, 7) is 1.92. The monoisotopic (exact) mass is 232 g/mol. The number of rotatable bonds is 2. The van der Waals surface area contributed by atoms with Crippen LogP contribution < -0.4 is 0 Å². The van der Waals surface area contributed by atoms with E-state index in [0.717, 1.165) is 15.0 Å². The molecule has 0 aliphatic rings. The Bertz CT molecular complexity index is 372. The Balaban J connectivity index is 2.14. The maximum Gasteiger partial charge on any atom is 0.207 e. The minimum atomic E-state index is 0.469. The first kappa shape index (κ1) is 8.98. The summed E-state index contributed by atoms with van der Waals surface area (Å²) in [5.74, 6) is 0. The fourth-order valence-electron chi connectivity index (χ4n) is 0.843. The van der Waals surface area contributed by atoms with Crippen LogP contribution in [0, 0.1) is 6.92 Å². The van der Waals surface area contributed by atoms with Gasteiger partial charge in [0.1, 0.15) is 15.0 Å². The Hall–Kier alpha value is -0.590. The van der Waals surface area contributed by atoms with Gasteiger partial charge in [-0.25, -0.2) is 0 Å². The van der Waals surface area contributed by atoms with Gasteiger partial charge in [-0.05, 0) is 18.5 Å². The van der Waals surface area contributed by atoms with E-state index in [4.69, 9.17) is 11.6 Å². The Morgan fingerprint density at radius 1 is 1.08 bits per heavy atom. The predicted molar refractivity (Wildman–Crippen MR) is 52.4 cm³/mol. The van der Waals surface area contributed by atoms with Crippen molar-refractivity contribution in [2.45, 2.75) is 13.3 Å². The lowest BCUT2D eigenvalue weighted by Gasteiger charge is -1.85. The Morgan fingerprint density at radius 3 is 2.31 bits per heavy atom. The molecule has 2 rings (SSSR count). The number of aromatic nitrogens is 4. The molecule has 0 aliphatic heterocycles. The second-order valence-electron chi connectivity index (χ2n) is 2.34. The van der Waals surface area contributed by atoms with Gasteiger partial charge in [0.25, 0.3) is 0 Å². The standard InChI is InChI=1S/C6H5ClN4S2/c1-3-8-9-4(12-3)2-5-10-11-6(7)13-5/h2H2,1H3. The Labute approximate surface area is 87.6 Å². The molecule has 7 heteroatoms. The summed E-state index contributed by atoms with van der Waals surface area (Å²) in [6.07, 6.45) is 0.676. The SMILES string of the molecule is Cc1nnc(Cc2nnc(Cl)s2)s1. The molecular formula is C6H5ClN4S2. The third-order valence-corrected chi connectivity index (χ3v) is 3.17. The van der Waals surface area contributed by atoms with Crippen molar-refractivity contribution >= 4 is 34.3 Å². The molecule has 2 aromatic heterocycles. The van der Waals surface area contributed by atoms with Gasteiger partial charge in [-0.2, -0.15) is 0 Å². The van der Waals surface area contributed by atoms with E-state index in [1.54, 1.807) is 11.3 Å². The van der Waals surface area contributed by atoms with Gasteiger partial charge in [0, 0.05) is 0 Å². The topological polar surface area (TPSA) is 51.6 Å². The smallest absolute Gasteiger partial charge is 0.144 e. The lowest BCUT2D eigenvalue weighted by molar-refractivity contribution is 0.949. The van der Waals surface area contributed by atoms with Crippen molar-refractivity contribution in [1.29, 1.82) is 0 Å². The van der Waals surface area contributed by atoms with Crippen LogP contribution in [0.4, 0.5) is 0 Å². The summed E-state index contributed by atoms with van der Waals surface area (Å²) in [5.41, 5.74) is 0. The van der Waals surface area contributed by atoms with Crippen LogP contribution in [0.2, 0.25) is 4.47 Å². The van der Waals surface area contributed by atoms with E-state index >= 15 is 0 Å². The first-order valence-corrected chi connectivity index (χ1v) is 5.52. The van der Waals surface area contributed by atoms with Crippen molar-refractivity contribution in [2.24, 2.45) is 0 Å². The van der Waals surface area contributed by atoms with E-state index in [0.29, 0.717) is 10.9 Å². The molecule has 0 atom stereocenters. The van der Waals surface area contributed by atoms with Crippen molar-refractivity contribution in [3.8, 4) is 0 Å². The van der Waals surface area contributed by atoms with Crippen LogP contribution in [-0.2, 0) is 6.42 Å². The molecule has 2 aromatic rings. The lowest BCUT2D eigenvalue weighted by Crippen LogP contribution is -1.85. The van der Waals surface area contributed by atoms with E-state index in [1.165, 1.54) is 11.3 Å². The van der Waals surface area contributed by atoms with Crippen LogP contribution >= 0.6 is 34.3 Å². The lowest BCUT2D eigenvalue weighted by atomic mass is 10.5. The normalized spacial score (nSPS) is 10.6. The summed E-state index contributed by atoms with van der Waals surface area (Å²) in [6, 6.07) is 0. The molecule has 13 heavy (non-hydrogen) atoms. The van der Waals surface area contributed by atoms with Crippen molar-refractivity contribution in [1.82, 2.24) is 20.4 Å². The highest BCUT2D eigenvalue weighted by molar-refractivity contribution is 7.15. The van der Waals surface area contributed by atoms with Gasteiger partial charge in [-0.1, -0.05) is 11.3 Å². The van der Waals surface area contributed by atoms with E-state index in [-0.39, 0.29) is 0 Å². The average molecular weight is 233 g/mol. The largest absolute Gasteiger partial charge is 0.207 e. The number of halogens is 1. The second kappa shape index (κ2) is 3.65. The highest BCUT2D eigenvalue weighted by Crippen LogP contribution is 2.19. The number of nitrogens with zero attached hydrogens (tertiary/aromatic N) is 4. The fraction of sp³-hybridized carbons (Fsp3) is 0.333.